The number of hydrogen-bond donors (Lipinski definition) is 2. The minimum atomic E-state index is -4.91. The van der Waals surface area contributed by atoms with Crippen LogP contribution in [0.2, 0.25) is 0 Å². The predicted molar refractivity (Wildman–Crippen MR) is 259 cm³/mol. The van der Waals surface area contributed by atoms with Crippen LogP contribution in [0.15, 0.2) is 122 Å². The van der Waals surface area contributed by atoms with E-state index in [9.17, 15) is 27.2 Å². The first-order chi connectivity index (χ1) is 36.1. The zero-order valence-electron chi connectivity index (χ0n) is 38.8. The summed E-state index contributed by atoms with van der Waals surface area (Å²) in [5.41, 5.74) is -2.17. The average Bonchev–Trinajstić information content (AvgIpc) is 3.40. The highest BCUT2D eigenvalue weighted by atomic mass is 19.4. The summed E-state index contributed by atoms with van der Waals surface area (Å²) in [7, 11) is 0. The second-order valence-corrected chi connectivity index (χ2v) is 16.7. The number of aromatic nitrogens is 4. The summed E-state index contributed by atoms with van der Waals surface area (Å²) in [5, 5.41) is 5.12. The Labute approximate surface area is 419 Å². The van der Waals surface area contributed by atoms with Crippen LogP contribution in [0.25, 0.3) is 22.1 Å². The van der Waals surface area contributed by atoms with Gasteiger partial charge in [0.2, 0.25) is 11.6 Å². The Bertz CT molecular complexity index is 3470. The lowest BCUT2D eigenvalue weighted by Crippen LogP contribution is -2.54. The fourth-order valence-electron chi connectivity index (χ4n) is 8.07. The molecule has 24 heteroatoms. The van der Waals surface area contributed by atoms with Gasteiger partial charge in [-0.15, -0.1) is 0 Å². The van der Waals surface area contributed by atoms with Crippen LogP contribution in [0.3, 0.4) is 0 Å². The number of urea groups is 2. The van der Waals surface area contributed by atoms with Crippen LogP contribution in [-0.4, -0.2) is 84.6 Å². The molecule has 2 fully saturated rings. The van der Waals surface area contributed by atoms with Gasteiger partial charge >= 0.3 is 18.2 Å². The Morgan fingerprint density at radius 2 is 1.00 bits per heavy atom. The van der Waals surface area contributed by atoms with Crippen LogP contribution in [0, 0.1) is 29.1 Å². The number of benzene rings is 6. The van der Waals surface area contributed by atoms with E-state index in [1.165, 1.54) is 48.5 Å². The van der Waals surface area contributed by atoms with Crippen molar-refractivity contribution in [1.29, 1.82) is 0 Å². The van der Waals surface area contributed by atoms with Crippen molar-refractivity contribution in [3.8, 4) is 23.0 Å². The van der Waals surface area contributed by atoms with Crippen molar-refractivity contribution in [3.63, 3.8) is 0 Å². The van der Waals surface area contributed by atoms with Gasteiger partial charge in [0.1, 0.15) is 29.0 Å². The molecule has 4 amide bonds. The number of carbonyl (C=O) groups excluding carboxylic acids is 2. The molecule has 0 bridgehead atoms. The topological polar surface area (TPSA) is 160 Å². The van der Waals surface area contributed by atoms with Gasteiger partial charge < -0.3 is 39.4 Å². The molecule has 4 heterocycles. The van der Waals surface area contributed by atoms with Crippen LogP contribution in [-0.2, 0) is 15.7 Å². The number of morpholine rings is 2. The molecule has 16 nitrogen and oxygen atoms in total. The normalized spacial score (nSPS) is 13.9. The third-order valence-electron chi connectivity index (χ3n) is 11.7. The van der Waals surface area contributed by atoms with Gasteiger partial charge in [-0.2, -0.15) is 32.0 Å². The van der Waals surface area contributed by atoms with Gasteiger partial charge in [-0.1, -0.05) is 12.1 Å². The molecule has 2 aliphatic rings. The van der Waals surface area contributed by atoms with Crippen molar-refractivity contribution < 1.29 is 63.7 Å². The number of halogens is 8. The lowest BCUT2D eigenvalue weighted by molar-refractivity contribution is -0.137. The molecule has 0 aliphatic carbocycles. The zero-order chi connectivity index (χ0) is 52.4. The summed E-state index contributed by atoms with van der Waals surface area (Å²) < 4.78 is 143. The number of carbonyl (C=O) groups is 2. The molecule has 2 aromatic heterocycles. The van der Waals surface area contributed by atoms with Crippen molar-refractivity contribution in [3.05, 3.63) is 156 Å². The number of rotatable bonds is 10. The molecule has 0 spiro atoms. The number of fused-ring (bicyclic) bond motifs is 2. The zero-order valence-corrected chi connectivity index (χ0v) is 38.8. The lowest BCUT2D eigenvalue weighted by atomic mass is 10.2. The molecule has 0 saturated carbocycles. The highest BCUT2D eigenvalue weighted by Gasteiger charge is 2.35. The maximum atomic E-state index is 16.1. The van der Waals surface area contributed by atoms with E-state index in [4.69, 9.17) is 18.9 Å². The summed E-state index contributed by atoms with van der Waals surface area (Å²) >= 11 is 0. The SMILES string of the molecule is O=C(Nc1cccc(F)c1)N(c1cc(F)c(F)c(Oc2ccc3ncc(N4CCOCC4)nc3c2)c1)N(C(=O)Nc1cccc(C(F)(F)F)c1)c1cc(F)c(F)c(Oc2ccc3ncc(N4CCOCC4)nc3c2)c1. The number of nitrogens with zero attached hydrogens (tertiary/aromatic N) is 8. The fraction of sp³-hybridized carbons (Fsp3) is 0.176. The standard InChI is InChI=1S/C51H38F8N10O6/c52-30-4-2-6-32(20-30)63-50(71)69(34-22-38(54)48(56)44(24-34)75-36-8-10-40-42(26-36)65-46(28-61-40)67-13-17-73-18-14-67)68(49(70)62-31-5-1-3-29(19-31)51(57,58)59)33-21-37(53)47(55)43(23-33)74-35-7-9-39-41(25-35)64-45(27-60-39)66-11-15-72-16-12-66/h1-10,19-28H,11-18H2,(H,62,70)(H,63,71). The molecular formula is C51H38F8N10O6. The predicted octanol–water partition coefficient (Wildman–Crippen LogP) is 11.2. The molecule has 8 aromatic rings. The fourth-order valence-corrected chi connectivity index (χ4v) is 8.07. The van der Waals surface area contributed by atoms with Gasteiger partial charge in [-0.05, 0) is 60.7 Å². The minimum Gasteiger partial charge on any atom is -0.454 e. The highest BCUT2D eigenvalue weighted by molar-refractivity contribution is 6.13. The Morgan fingerprint density at radius 3 is 1.45 bits per heavy atom. The van der Waals surface area contributed by atoms with Crippen LogP contribution in [0.5, 0.6) is 23.0 Å². The van der Waals surface area contributed by atoms with Gasteiger partial charge in [-0.25, -0.2) is 32.7 Å². The molecule has 0 atom stereocenters. The maximum Gasteiger partial charge on any atom is 0.416 e. The van der Waals surface area contributed by atoms with E-state index in [1.807, 2.05) is 9.80 Å². The first kappa shape index (κ1) is 49.7. The molecule has 75 heavy (non-hydrogen) atoms. The highest BCUT2D eigenvalue weighted by Crippen LogP contribution is 2.39. The summed E-state index contributed by atoms with van der Waals surface area (Å²) in [6.07, 6.45) is -1.79. The molecule has 0 radical (unpaired) electrons. The quantitative estimate of drug-likeness (QED) is 0.0987. The summed E-state index contributed by atoms with van der Waals surface area (Å²) in [6.45, 7) is 3.92. The molecule has 384 valence electrons. The van der Waals surface area contributed by atoms with Crippen molar-refractivity contribution in [2.75, 3.05) is 83.1 Å². The Kier molecular flexibility index (Phi) is 13.8. The van der Waals surface area contributed by atoms with Gasteiger partial charge in [0, 0.05) is 74.0 Å². The van der Waals surface area contributed by atoms with Gasteiger partial charge in [0.15, 0.2) is 23.1 Å². The molecule has 10 rings (SSSR count). The molecule has 2 aliphatic heterocycles. The molecule has 2 N–H and O–H groups in total. The second kappa shape index (κ2) is 20.9. The van der Waals surface area contributed by atoms with E-state index in [0.717, 1.165) is 36.4 Å². The number of ether oxygens (including phenoxy) is 4. The van der Waals surface area contributed by atoms with Crippen LogP contribution >= 0.6 is 0 Å². The number of hydrazine groups is 1. The summed E-state index contributed by atoms with van der Waals surface area (Å²) in [4.78, 5) is 51.6. The van der Waals surface area contributed by atoms with E-state index >= 15 is 17.6 Å². The molecule has 2 saturated heterocycles. The lowest BCUT2D eigenvalue weighted by Gasteiger charge is -2.35. The molecule has 0 unspecified atom stereocenters. The summed E-state index contributed by atoms with van der Waals surface area (Å²) in [5.74, 6) is -8.46. The first-order valence-electron chi connectivity index (χ1n) is 22.8. The molecule has 6 aromatic carbocycles. The van der Waals surface area contributed by atoms with E-state index in [0.29, 0.717) is 105 Å². The van der Waals surface area contributed by atoms with Crippen LogP contribution in [0.1, 0.15) is 5.56 Å². The maximum absolute atomic E-state index is 16.1. The van der Waals surface area contributed by atoms with Gasteiger partial charge in [0.25, 0.3) is 0 Å². The van der Waals surface area contributed by atoms with E-state index in [1.54, 1.807) is 12.4 Å². The monoisotopic (exact) mass is 1040 g/mol. The smallest absolute Gasteiger partial charge is 0.416 e. The minimum absolute atomic E-state index is 0.110. The summed E-state index contributed by atoms with van der Waals surface area (Å²) in [6, 6.07) is 15.4. The van der Waals surface area contributed by atoms with Crippen molar-refractivity contribution in [2.45, 2.75) is 6.18 Å². The van der Waals surface area contributed by atoms with Gasteiger partial charge in [0.05, 0.1) is 77.8 Å². The Morgan fingerprint density at radius 1 is 0.547 bits per heavy atom. The van der Waals surface area contributed by atoms with Crippen LogP contribution in [0.4, 0.5) is 79.1 Å². The second-order valence-electron chi connectivity index (χ2n) is 16.7. The first-order valence-corrected chi connectivity index (χ1v) is 22.8. The van der Waals surface area contributed by atoms with Crippen molar-refractivity contribution in [1.82, 2.24) is 19.9 Å². The number of hydrogen-bond acceptors (Lipinski definition) is 12. The van der Waals surface area contributed by atoms with Gasteiger partial charge in [-0.3, -0.25) is 9.97 Å². The number of nitrogens with one attached hydrogen (secondary N) is 2. The number of amides is 4. The van der Waals surface area contributed by atoms with E-state index in [-0.39, 0.29) is 33.2 Å². The van der Waals surface area contributed by atoms with E-state index < -0.39 is 81.4 Å². The van der Waals surface area contributed by atoms with Crippen LogP contribution < -0.4 is 39.9 Å². The third kappa shape index (κ3) is 11.1. The third-order valence-corrected chi connectivity index (χ3v) is 11.7. The largest absolute Gasteiger partial charge is 0.454 e. The number of alkyl halides is 3. The van der Waals surface area contributed by atoms with Crippen molar-refractivity contribution in [2.24, 2.45) is 0 Å². The van der Waals surface area contributed by atoms with E-state index in [2.05, 4.69) is 30.6 Å². The molecular weight excluding hydrogens is 1000 g/mol. The Hall–Kier alpha value is -8.90. The average molecular weight is 1040 g/mol. The Balaban J connectivity index is 1.08. The number of anilines is 6. The van der Waals surface area contributed by atoms with Crippen molar-refractivity contribution >= 4 is 68.5 Å².